The van der Waals surface area contributed by atoms with Crippen LogP contribution in [0.1, 0.15) is 28.8 Å². The third-order valence-corrected chi connectivity index (χ3v) is 3.20. The van der Waals surface area contributed by atoms with Gasteiger partial charge in [-0.2, -0.15) is 0 Å². The van der Waals surface area contributed by atoms with E-state index in [0.29, 0.717) is 24.1 Å². The number of hydrogen-bond donors (Lipinski definition) is 0. The molecule has 3 heteroatoms. The zero-order valence-corrected chi connectivity index (χ0v) is 9.45. The summed E-state index contributed by atoms with van der Waals surface area (Å²) in [5, 5.41) is 0. The zero-order chi connectivity index (χ0) is 11.6. The van der Waals surface area contributed by atoms with Crippen LogP contribution in [0.5, 0.6) is 0 Å². The molecule has 1 aliphatic rings. The minimum Gasteiger partial charge on any atom is -0.303 e. The summed E-state index contributed by atoms with van der Waals surface area (Å²) in [5.41, 5.74) is 0.0233. The molecule has 1 atom stereocenters. The number of aldehydes is 1. The molecular formula is C13H16FNO. The molecule has 1 aromatic rings. The summed E-state index contributed by atoms with van der Waals surface area (Å²) in [7, 11) is 1.94. The molecule has 1 saturated heterocycles. The van der Waals surface area contributed by atoms with E-state index in [-0.39, 0.29) is 0 Å². The zero-order valence-electron chi connectivity index (χ0n) is 9.45. The van der Waals surface area contributed by atoms with Gasteiger partial charge >= 0.3 is 0 Å². The van der Waals surface area contributed by atoms with Crippen molar-refractivity contribution in [3.8, 4) is 0 Å². The quantitative estimate of drug-likeness (QED) is 0.715. The molecule has 0 aromatic heterocycles. The molecule has 1 heterocycles. The predicted molar refractivity (Wildman–Crippen MR) is 61.3 cm³/mol. The monoisotopic (exact) mass is 221 g/mol. The fourth-order valence-corrected chi connectivity index (χ4v) is 2.31. The Morgan fingerprint density at radius 2 is 2.06 bits per heavy atom. The Bertz CT molecular complexity index is 376. The van der Waals surface area contributed by atoms with Gasteiger partial charge in [0.25, 0.3) is 0 Å². The van der Waals surface area contributed by atoms with E-state index < -0.39 is 5.67 Å². The van der Waals surface area contributed by atoms with Gasteiger partial charge in [-0.15, -0.1) is 0 Å². The Morgan fingerprint density at radius 1 is 1.38 bits per heavy atom. The highest BCUT2D eigenvalue weighted by atomic mass is 19.1. The topological polar surface area (TPSA) is 20.3 Å². The maximum atomic E-state index is 14.7. The van der Waals surface area contributed by atoms with Crippen LogP contribution in [0.25, 0.3) is 0 Å². The van der Waals surface area contributed by atoms with Crippen molar-refractivity contribution in [1.29, 1.82) is 0 Å². The van der Waals surface area contributed by atoms with Crippen LogP contribution in [0, 0.1) is 0 Å². The third-order valence-electron chi connectivity index (χ3n) is 3.20. The van der Waals surface area contributed by atoms with E-state index in [4.69, 9.17) is 0 Å². The molecule has 86 valence electrons. The molecule has 0 spiro atoms. The van der Waals surface area contributed by atoms with Crippen molar-refractivity contribution >= 4 is 6.29 Å². The second-order valence-corrected chi connectivity index (χ2v) is 4.55. The Labute approximate surface area is 95.1 Å². The van der Waals surface area contributed by atoms with Gasteiger partial charge in [-0.1, -0.05) is 24.3 Å². The summed E-state index contributed by atoms with van der Waals surface area (Å²) in [4.78, 5) is 12.5. The van der Waals surface area contributed by atoms with Crippen LogP contribution in [-0.4, -0.2) is 31.3 Å². The maximum absolute atomic E-state index is 14.7. The highest BCUT2D eigenvalue weighted by Gasteiger charge is 2.35. The van der Waals surface area contributed by atoms with E-state index in [9.17, 15) is 9.18 Å². The number of alkyl halides is 1. The van der Waals surface area contributed by atoms with Gasteiger partial charge in [0.1, 0.15) is 12.0 Å². The number of likely N-dealkylation sites (N-methyl/N-ethyl adjacent to an activating group) is 1. The van der Waals surface area contributed by atoms with Crippen LogP contribution in [-0.2, 0) is 5.67 Å². The molecule has 0 radical (unpaired) electrons. The second-order valence-electron chi connectivity index (χ2n) is 4.55. The number of nitrogens with zero attached hydrogens (tertiary/aromatic N) is 1. The Morgan fingerprint density at radius 3 is 2.62 bits per heavy atom. The van der Waals surface area contributed by atoms with Crippen LogP contribution < -0.4 is 0 Å². The first-order chi connectivity index (χ1) is 7.64. The second kappa shape index (κ2) is 4.34. The average Bonchev–Trinajstić information content (AvgIpc) is 2.29. The molecule has 1 aromatic carbocycles. The molecule has 1 fully saturated rings. The lowest BCUT2D eigenvalue weighted by atomic mass is 9.87. The first-order valence-corrected chi connectivity index (χ1v) is 5.57. The van der Waals surface area contributed by atoms with Gasteiger partial charge in [-0.05, 0) is 32.0 Å². The van der Waals surface area contributed by atoms with Gasteiger partial charge in [0, 0.05) is 12.1 Å². The summed E-state index contributed by atoms with van der Waals surface area (Å²) in [6, 6.07) is 6.81. The minimum absolute atomic E-state index is 0.438. The molecule has 2 nitrogen and oxygen atoms in total. The van der Waals surface area contributed by atoms with Crippen molar-refractivity contribution in [2.24, 2.45) is 0 Å². The van der Waals surface area contributed by atoms with Crippen LogP contribution in [0.3, 0.4) is 0 Å². The van der Waals surface area contributed by atoms with Gasteiger partial charge in [-0.3, -0.25) is 4.79 Å². The van der Waals surface area contributed by atoms with Crippen LogP contribution in [0.2, 0.25) is 0 Å². The number of likely N-dealkylation sites (tertiary alicyclic amines) is 1. The molecule has 16 heavy (non-hydrogen) atoms. The minimum atomic E-state index is -1.26. The van der Waals surface area contributed by atoms with E-state index >= 15 is 0 Å². The van der Waals surface area contributed by atoms with E-state index in [1.165, 1.54) is 0 Å². The lowest BCUT2D eigenvalue weighted by molar-refractivity contribution is 0.0563. The predicted octanol–water partition coefficient (Wildman–Crippen LogP) is 2.39. The summed E-state index contributed by atoms with van der Waals surface area (Å²) >= 11 is 0. The van der Waals surface area contributed by atoms with Crippen molar-refractivity contribution in [3.63, 3.8) is 0 Å². The van der Waals surface area contributed by atoms with Crippen molar-refractivity contribution in [3.05, 3.63) is 35.4 Å². The number of hydrogen-bond acceptors (Lipinski definition) is 2. The number of piperidine rings is 1. The van der Waals surface area contributed by atoms with Gasteiger partial charge in [0.15, 0.2) is 0 Å². The largest absolute Gasteiger partial charge is 0.303 e. The lowest BCUT2D eigenvalue weighted by Gasteiger charge is -2.35. The van der Waals surface area contributed by atoms with Crippen molar-refractivity contribution in [2.45, 2.75) is 18.5 Å². The van der Waals surface area contributed by atoms with E-state index in [1.54, 1.807) is 24.3 Å². The normalized spacial score (nSPS) is 26.6. The van der Waals surface area contributed by atoms with Gasteiger partial charge in [0.2, 0.25) is 0 Å². The summed E-state index contributed by atoms with van der Waals surface area (Å²) in [5.74, 6) is 0. The van der Waals surface area contributed by atoms with E-state index in [1.807, 2.05) is 11.9 Å². The van der Waals surface area contributed by atoms with E-state index in [0.717, 1.165) is 19.3 Å². The number of rotatable bonds is 2. The standard InChI is InChI=1S/C13H16FNO/c1-15-8-2-7-13(14,10-15)12-5-3-11(9-16)4-6-12/h3-6,9H,2,7-8,10H2,1H3. The van der Waals surface area contributed by atoms with Crippen molar-refractivity contribution in [2.75, 3.05) is 20.1 Å². The molecule has 0 aliphatic carbocycles. The van der Waals surface area contributed by atoms with Gasteiger partial charge in [0.05, 0.1) is 0 Å². The summed E-state index contributed by atoms with van der Waals surface area (Å²) in [6.07, 6.45) is 2.22. The highest BCUT2D eigenvalue weighted by Crippen LogP contribution is 2.34. The Kier molecular flexibility index (Phi) is 3.06. The first kappa shape index (κ1) is 11.3. The highest BCUT2D eigenvalue weighted by molar-refractivity contribution is 5.74. The number of carbonyl (C=O) groups excluding carboxylic acids is 1. The number of benzene rings is 1. The number of halogens is 1. The Hall–Kier alpha value is -1.22. The van der Waals surface area contributed by atoms with Crippen molar-refractivity contribution < 1.29 is 9.18 Å². The molecule has 0 amide bonds. The summed E-state index contributed by atoms with van der Waals surface area (Å²) < 4.78 is 14.7. The fraction of sp³-hybridized carbons (Fsp3) is 0.462. The summed E-state index contributed by atoms with van der Waals surface area (Å²) in [6.45, 7) is 1.39. The fourth-order valence-electron chi connectivity index (χ4n) is 2.31. The van der Waals surface area contributed by atoms with Crippen LogP contribution >= 0.6 is 0 Å². The van der Waals surface area contributed by atoms with Crippen molar-refractivity contribution in [1.82, 2.24) is 4.90 Å². The van der Waals surface area contributed by atoms with Gasteiger partial charge < -0.3 is 4.90 Å². The number of carbonyl (C=O) groups is 1. The molecule has 1 aliphatic heterocycles. The third kappa shape index (κ3) is 2.14. The average molecular weight is 221 g/mol. The smallest absolute Gasteiger partial charge is 0.150 e. The first-order valence-electron chi connectivity index (χ1n) is 5.57. The maximum Gasteiger partial charge on any atom is 0.150 e. The van der Waals surface area contributed by atoms with Gasteiger partial charge in [-0.25, -0.2) is 4.39 Å². The SMILES string of the molecule is CN1CCCC(F)(c2ccc(C=O)cc2)C1. The Balaban J connectivity index is 2.24. The molecule has 0 N–H and O–H groups in total. The molecule has 2 rings (SSSR count). The molecule has 0 bridgehead atoms. The molecule has 0 saturated carbocycles. The molecule has 1 unspecified atom stereocenters. The van der Waals surface area contributed by atoms with Crippen LogP contribution in [0.15, 0.2) is 24.3 Å². The lowest BCUT2D eigenvalue weighted by Crippen LogP contribution is -2.41. The molecular weight excluding hydrogens is 205 g/mol. The van der Waals surface area contributed by atoms with E-state index in [2.05, 4.69) is 0 Å². The van der Waals surface area contributed by atoms with Crippen LogP contribution in [0.4, 0.5) is 4.39 Å².